The van der Waals surface area contributed by atoms with E-state index in [1.165, 1.54) is 32.1 Å². The minimum Gasteiger partial charge on any atom is -0.395 e. The number of benzene rings is 1. The molecule has 0 aliphatic heterocycles. The Morgan fingerprint density at radius 1 is 1.15 bits per heavy atom. The summed E-state index contributed by atoms with van der Waals surface area (Å²) in [7, 11) is 0. The van der Waals surface area contributed by atoms with Gasteiger partial charge in [-0.25, -0.2) is 0 Å². The lowest BCUT2D eigenvalue weighted by Gasteiger charge is -2.36. The van der Waals surface area contributed by atoms with Gasteiger partial charge in [-0.05, 0) is 37.0 Å². The highest BCUT2D eigenvalue weighted by atomic mass is 16.3. The van der Waals surface area contributed by atoms with E-state index in [1.807, 2.05) is 19.1 Å². The summed E-state index contributed by atoms with van der Waals surface area (Å²) in [6, 6.07) is 8.74. The third-order valence-electron chi connectivity index (χ3n) is 4.35. The average Bonchev–Trinajstić information content (AvgIpc) is 2.53. The predicted octanol–water partition coefficient (Wildman–Crippen LogP) is 3.26. The maximum absolute atomic E-state index is 9.86. The van der Waals surface area contributed by atoms with Gasteiger partial charge in [-0.1, -0.05) is 38.3 Å². The summed E-state index contributed by atoms with van der Waals surface area (Å²) in [6.45, 7) is 2.87. The van der Waals surface area contributed by atoms with Gasteiger partial charge in [-0.15, -0.1) is 0 Å². The zero-order valence-corrected chi connectivity index (χ0v) is 12.5. The summed E-state index contributed by atoms with van der Waals surface area (Å²) in [5.74, 6) is 0. The molecule has 1 saturated carbocycles. The summed E-state index contributed by atoms with van der Waals surface area (Å²) in [5.41, 5.74) is 2.14. The van der Waals surface area contributed by atoms with Gasteiger partial charge < -0.3 is 15.1 Å². The number of hydrogen-bond donors (Lipinski definition) is 2. The monoisotopic (exact) mass is 277 g/mol. The molecule has 1 aliphatic carbocycles. The molecule has 3 nitrogen and oxygen atoms in total. The first-order valence-electron chi connectivity index (χ1n) is 7.91. The van der Waals surface area contributed by atoms with Crippen LogP contribution in [0.25, 0.3) is 0 Å². The molecule has 0 amide bonds. The van der Waals surface area contributed by atoms with Crippen molar-refractivity contribution in [3.63, 3.8) is 0 Å². The Labute approximate surface area is 122 Å². The summed E-state index contributed by atoms with van der Waals surface area (Å²) in [4.78, 5) is 2.33. The molecule has 1 fully saturated rings. The Hall–Kier alpha value is -1.06. The SMILES string of the molecule is CCC(O)c1ccc(N(CCO)C2CCCCC2)cc1. The van der Waals surface area contributed by atoms with Gasteiger partial charge in [0.05, 0.1) is 12.7 Å². The van der Waals surface area contributed by atoms with E-state index in [0.717, 1.165) is 17.7 Å². The van der Waals surface area contributed by atoms with E-state index in [0.29, 0.717) is 12.6 Å². The number of aliphatic hydroxyl groups excluding tert-OH is 2. The van der Waals surface area contributed by atoms with Crippen molar-refractivity contribution in [1.82, 2.24) is 0 Å². The number of nitrogens with zero attached hydrogens (tertiary/aromatic N) is 1. The minimum atomic E-state index is -0.370. The van der Waals surface area contributed by atoms with Gasteiger partial charge in [0.15, 0.2) is 0 Å². The normalized spacial score (nSPS) is 17.9. The van der Waals surface area contributed by atoms with Crippen molar-refractivity contribution >= 4 is 5.69 Å². The van der Waals surface area contributed by atoms with Crippen LogP contribution in [0.15, 0.2) is 24.3 Å². The van der Waals surface area contributed by atoms with Crippen molar-refractivity contribution < 1.29 is 10.2 Å². The number of aliphatic hydroxyl groups is 2. The molecule has 1 unspecified atom stereocenters. The zero-order valence-electron chi connectivity index (χ0n) is 12.5. The first-order chi connectivity index (χ1) is 9.76. The largest absolute Gasteiger partial charge is 0.395 e. The molecule has 1 aromatic rings. The molecule has 0 radical (unpaired) electrons. The van der Waals surface area contributed by atoms with E-state index in [9.17, 15) is 10.2 Å². The third-order valence-corrected chi connectivity index (χ3v) is 4.35. The van der Waals surface area contributed by atoms with E-state index in [4.69, 9.17) is 0 Å². The van der Waals surface area contributed by atoms with Crippen LogP contribution in [0, 0.1) is 0 Å². The molecule has 3 heteroatoms. The van der Waals surface area contributed by atoms with Crippen LogP contribution in [0.4, 0.5) is 5.69 Å². The van der Waals surface area contributed by atoms with Crippen LogP contribution in [0.5, 0.6) is 0 Å². The highest BCUT2D eigenvalue weighted by Crippen LogP contribution is 2.28. The van der Waals surface area contributed by atoms with Crippen LogP contribution in [0.2, 0.25) is 0 Å². The van der Waals surface area contributed by atoms with Crippen molar-refractivity contribution in [2.75, 3.05) is 18.1 Å². The lowest BCUT2D eigenvalue weighted by atomic mass is 9.93. The molecule has 0 aromatic heterocycles. The Bertz CT molecular complexity index is 384. The molecule has 2 rings (SSSR count). The van der Waals surface area contributed by atoms with Crippen LogP contribution >= 0.6 is 0 Å². The highest BCUT2D eigenvalue weighted by Gasteiger charge is 2.21. The fourth-order valence-corrected chi connectivity index (χ4v) is 3.15. The van der Waals surface area contributed by atoms with E-state index in [-0.39, 0.29) is 12.7 Å². The van der Waals surface area contributed by atoms with E-state index < -0.39 is 0 Å². The topological polar surface area (TPSA) is 43.7 Å². The molecule has 0 spiro atoms. The molecule has 1 atom stereocenters. The molecule has 112 valence electrons. The van der Waals surface area contributed by atoms with Crippen LogP contribution in [0.3, 0.4) is 0 Å². The smallest absolute Gasteiger partial charge is 0.0787 e. The number of anilines is 1. The van der Waals surface area contributed by atoms with Crippen molar-refractivity contribution in [1.29, 1.82) is 0 Å². The van der Waals surface area contributed by atoms with Gasteiger partial charge in [0.2, 0.25) is 0 Å². The van der Waals surface area contributed by atoms with Gasteiger partial charge in [0.1, 0.15) is 0 Å². The van der Waals surface area contributed by atoms with Gasteiger partial charge in [-0.2, -0.15) is 0 Å². The maximum Gasteiger partial charge on any atom is 0.0787 e. The van der Waals surface area contributed by atoms with Crippen LogP contribution in [0.1, 0.15) is 57.1 Å². The molecular weight excluding hydrogens is 250 g/mol. The summed E-state index contributed by atoms with van der Waals surface area (Å²) in [5, 5.41) is 19.2. The second-order valence-electron chi connectivity index (χ2n) is 5.72. The maximum atomic E-state index is 9.86. The lowest BCUT2D eigenvalue weighted by Crippen LogP contribution is -2.38. The second kappa shape index (κ2) is 7.65. The first-order valence-corrected chi connectivity index (χ1v) is 7.91. The molecule has 0 saturated heterocycles. The molecule has 1 aromatic carbocycles. The summed E-state index contributed by atoms with van der Waals surface area (Å²) >= 11 is 0. The minimum absolute atomic E-state index is 0.190. The number of hydrogen-bond acceptors (Lipinski definition) is 3. The fraction of sp³-hybridized carbons (Fsp3) is 0.647. The first kappa shape index (κ1) is 15.3. The molecule has 0 heterocycles. The van der Waals surface area contributed by atoms with Crippen molar-refractivity contribution in [3.8, 4) is 0 Å². The Morgan fingerprint density at radius 2 is 1.80 bits per heavy atom. The quantitative estimate of drug-likeness (QED) is 0.839. The van der Waals surface area contributed by atoms with Crippen LogP contribution in [-0.2, 0) is 0 Å². The zero-order chi connectivity index (χ0) is 14.4. The van der Waals surface area contributed by atoms with Gasteiger partial charge in [0, 0.05) is 18.3 Å². The van der Waals surface area contributed by atoms with E-state index in [1.54, 1.807) is 0 Å². The van der Waals surface area contributed by atoms with E-state index >= 15 is 0 Å². The van der Waals surface area contributed by atoms with Crippen molar-refractivity contribution in [2.24, 2.45) is 0 Å². The molecule has 20 heavy (non-hydrogen) atoms. The van der Waals surface area contributed by atoms with Gasteiger partial charge in [0.25, 0.3) is 0 Å². The summed E-state index contributed by atoms with van der Waals surface area (Å²) < 4.78 is 0. The molecule has 2 N–H and O–H groups in total. The lowest BCUT2D eigenvalue weighted by molar-refractivity contribution is 0.173. The Morgan fingerprint density at radius 3 is 2.35 bits per heavy atom. The predicted molar refractivity (Wildman–Crippen MR) is 83.0 cm³/mol. The van der Waals surface area contributed by atoms with E-state index in [2.05, 4.69) is 17.0 Å². The standard InChI is InChI=1S/C17H27NO2/c1-2-17(20)14-8-10-16(11-9-14)18(12-13-19)15-6-4-3-5-7-15/h8-11,15,17,19-20H,2-7,12-13H2,1H3. The molecule has 0 bridgehead atoms. The Kier molecular flexibility index (Phi) is 5.86. The average molecular weight is 277 g/mol. The fourth-order valence-electron chi connectivity index (χ4n) is 3.15. The summed E-state index contributed by atoms with van der Waals surface area (Å²) in [6.07, 6.45) is 6.73. The third kappa shape index (κ3) is 3.74. The molecule has 1 aliphatic rings. The van der Waals surface area contributed by atoms with Gasteiger partial charge >= 0.3 is 0 Å². The highest BCUT2D eigenvalue weighted by molar-refractivity contribution is 5.49. The number of rotatable bonds is 6. The van der Waals surface area contributed by atoms with Crippen LogP contribution < -0.4 is 4.90 Å². The van der Waals surface area contributed by atoms with Gasteiger partial charge in [-0.3, -0.25) is 0 Å². The van der Waals surface area contributed by atoms with Crippen LogP contribution in [-0.4, -0.2) is 29.4 Å². The second-order valence-corrected chi connectivity index (χ2v) is 5.72. The van der Waals surface area contributed by atoms with Crippen molar-refractivity contribution in [3.05, 3.63) is 29.8 Å². The van der Waals surface area contributed by atoms with Crippen molar-refractivity contribution in [2.45, 2.75) is 57.6 Å². The molecular formula is C17H27NO2. The Balaban J connectivity index is 2.11.